The summed E-state index contributed by atoms with van der Waals surface area (Å²) in [4.78, 5) is 13.5. The summed E-state index contributed by atoms with van der Waals surface area (Å²) in [5.74, 6) is -0.189. The fourth-order valence-corrected chi connectivity index (χ4v) is 2.15. The van der Waals surface area contributed by atoms with Crippen molar-refractivity contribution in [3.8, 4) is 0 Å². The van der Waals surface area contributed by atoms with Crippen LogP contribution in [0.3, 0.4) is 0 Å². The molecule has 1 saturated heterocycles. The quantitative estimate of drug-likeness (QED) is 0.695. The van der Waals surface area contributed by atoms with E-state index in [1.807, 2.05) is 13.8 Å². The number of hydrogen-bond acceptors (Lipinski definition) is 2. The van der Waals surface area contributed by atoms with E-state index in [1.165, 1.54) is 12.8 Å². The zero-order chi connectivity index (χ0) is 10.1. The molecule has 0 unspecified atom stereocenters. The lowest BCUT2D eigenvalue weighted by molar-refractivity contribution is -0.130. The third-order valence-corrected chi connectivity index (χ3v) is 3.24. The Hall–Kier alpha value is -0.570. The highest BCUT2D eigenvalue weighted by atomic mass is 16.1. The Morgan fingerprint density at radius 1 is 1.46 bits per heavy atom. The van der Waals surface area contributed by atoms with E-state index in [-0.39, 0.29) is 5.91 Å². The molecule has 3 heteroatoms. The zero-order valence-corrected chi connectivity index (χ0v) is 8.84. The molecule has 76 valence electrons. The van der Waals surface area contributed by atoms with Crippen molar-refractivity contribution in [3.05, 3.63) is 0 Å². The number of nitrogens with zero attached hydrogens (tertiary/aromatic N) is 1. The first-order valence-electron chi connectivity index (χ1n) is 4.96. The van der Waals surface area contributed by atoms with Gasteiger partial charge in [-0.1, -0.05) is 6.42 Å². The standard InChI is InChI=1S/C10H20N2O/c1-10(2,9(11)13)8-6-4-5-7-12(8)3/h8H,4-7H2,1-3H3,(H2,11,13)/t8-/m1/s1. The van der Waals surface area contributed by atoms with Crippen molar-refractivity contribution in [2.45, 2.75) is 39.2 Å². The average molecular weight is 184 g/mol. The molecule has 0 radical (unpaired) electrons. The molecule has 0 spiro atoms. The summed E-state index contributed by atoms with van der Waals surface area (Å²) in [7, 11) is 2.08. The zero-order valence-electron chi connectivity index (χ0n) is 8.84. The molecule has 0 aliphatic carbocycles. The molecule has 1 fully saturated rings. The second-order valence-electron chi connectivity index (χ2n) is 4.58. The van der Waals surface area contributed by atoms with Gasteiger partial charge in [0.2, 0.25) is 5.91 Å². The maximum absolute atomic E-state index is 11.3. The Bertz CT molecular complexity index is 201. The second kappa shape index (κ2) is 3.66. The fraction of sp³-hybridized carbons (Fsp3) is 0.900. The van der Waals surface area contributed by atoms with E-state index in [0.717, 1.165) is 13.0 Å². The van der Waals surface area contributed by atoms with E-state index in [0.29, 0.717) is 6.04 Å². The average Bonchev–Trinajstić information content (AvgIpc) is 2.04. The van der Waals surface area contributed by atoms with Crippen LogP contribution in [0.2, 0.25) is 0 Å². The molecule has 3 nitrogen and oxygen atoms in total. The molecule has 13 heavy (non-hydrogen) atoms. The largest absolute Gasteiger partial charge is 0.369 e. The Labute approximate surface area is 80.3 Å². The number of hydrogen-bond donors (Lipinski definition) is 1. The molecule has 0 bridgehead atoms. The third-order valence-electron chi connectivity index (χ3n) is 3.24. The molecule has 1 aliphatic heterocycles. The van der Waals surface area contributed by atoms with Gasteiger partial charge in [-0.2, -0.15) is 0 Å². The minimum atomic E-state index is -0.394. The van der Waals surface area contributed by atoms with E-state index in [2.05, 4.69) is 11.9 Å². The maximum atomic E-state index is 11.3. The smallest absolute Gasteiger partial charge is 0.224 e. The van der Waals surface area contributed by atoms with Gasteiger partial charge in [0, 0.05) is 6.04 Å². The van der Waals surface area contributed by atoms with Crippen molar-refractivity contribution in [3.63, 3.8) is 0 Å². The summed E-state index contributed by atoms with van der Waals surface area (Å²) in [6.07, 6.45) is 3.54. The number of amides is 1. The van der Waals surface area contributed by atoms with Gasteiger partial charge in [0.15, 0.2) is 0 Å². The van der Waals surface area contributed by atoms with Crippen LogP contribution in [0.4, 0.5) is 0 Å². The Morgan fingerprint density at radius 2 is 2.08 bits per heavy atom. The van der Waals surface area contributed by atoms with Crippen LogP contribution in [0.25, 0.3) is 0 Å². The predicted octanol–water partition coefficient (Wildman–Crippen LogP) is 0.982. The van der Waals surface area contributed by atoms with E-state index in [9.17, 15) is 4.79 Å². The van der Waals surface area contributed by atoms with Gasteiger partial charge in [-0.25, -0.2) is 0 Å². The minimum absolute atomic E-state index is 0.189. The normalized spacial score (nSPS) is 25.9. The number of carbonyl (C=O) groups excluding carboxylic acids is 1. The number of likely N-dealkylation sites (tertiary alicyclic amines) is 1. The Balaban J connectivity index is 2.73. The first-order valence-corrected chi connectivity index (χ1v) is 4.96. The van der Waals surface area contributed by atoms with E-state index >= 15 is 0 Å². The molecule has 0 saturated carbocycles. The van der Waals surface area contributed by atoms with E-state index in [1.54, 1.807) is 0 Å². The van der Waals surface area contributed by atoms with Crippen LogP contribution in [0.1, 0.15) is 33.1 Å². The molecule has 1 atom stereocenters. The first kappa shape index (κ1) is 10.5. The van der Waals surface area contributed by atoms with Gasteiger partial charge in [-0.15, -0.1) is 0 Å². The molecule has 0 aromatic carbocycles. The number of nitrogens with two attached hydrogens (primary N) is 1. The number of carbonyl (C=O) groups is 1. The van der Waals surface area contributed by atoms with Gasteiger partial charge in [0.05, 0.1) is 5.41 Å². The van der Waals surface area contributed by atoms with E-state index < -0.39 is 5.41 Å². The summed E-state index contributed by atoms with van der Waals surface area (Å²) in [5, 5.41) is 0. The topological polar surface area (TPSA) is 46.3 Å². The second-order valence-corrected chi connectivity index (χ2v) is 4.58. The summed E-state index contributed by atoms with van der Waals surface area (Å²) in [6.45, 7) is 4.98. The molecule has 1 rings (SSSR count). The van der Waals surface area contributed by atoms with Crippen molar-refractivity contribution >= 4 is 5.91 Å². The van der Waals surface area contributed by atoms with Gasteiger partial charge in [-0.05, 0) is 40.3 Å². The van der Waals surface area contributed by atoms with Crippen molar-refractivity contribution in [1.82, 2.24) is 4.90 Å². The number of primary amides is 1. The van der Waals surface area contributed by atoms with Crippen molar-refractivity contribution in [1.29, 1.82) is 0 Å². The molecule has 2 N–H and O–H groups in total. The van der Waals surface area contributed by atoms with Crippen molar-refractivity contribution < 1.29 is 4.79 Å². The molecule has 1 aliphatic rings. The summed E-state index contributed by atoms with van der Waals surface area (Å²) >= 11 is 0. The van der Waals surface area contributed by atoms with Gasteiger partial charge in [-0.3, -0.25) is 4.79 Å². The molecular formula is C10H20N2O. The van der Waals surface area contributed by atoms with Crippen LogP contribution in [0.15, 0.2) is 0 Å². The van der Waals surface area contributed by atoms with Crippen LogP contribution in [0, 0.1) is 5.41 Å². The highest BCUT2D eigenvalue weighted by molar-refractivity contribution is 5.80. The lowest BCUT2D eigenvalue weighted by atomic mass is 9.78. The third kappa shape index (κ3) is 2.02. The van der Waals surface area contributed by atoms with Crippen molar-refractivity contribution in [2.75, 3.05) is 13.6 Å². The first-order chi connectivity index (χ1) is 5.96. The summed E-state index contributed by atoms with van der Waals surface area (Å²) in [6, 6.07) is 0.318. The van der Waals surface area contributed by atoms with Gasteiger partial charge in [0.1, 0.15) is 0 Å². The lowest BCUT2D eigenvalue weighted by Crippen LogP contribution is -2.51. The van der Waals surface area contributed by atoms with Crippen LogP contribution < -0.4 is 5.73 Å². The highest BCUT2D eigenvalue weighted by Gasteiger charge is 2.38. The fourth-order valence-electron chi connectivity index (χ4n) is 2.15. The predicted molar refractivity (Wildman–Crippen MR) is 53.2 cm³/mol. The van der Waals surface area contributed by atoms with Crippen LogP contribution in [-0.2, 0) is 4.79 Å². The van der Waals surface area contributed by atoms with Gasteiger partial charge < -0.3 is 10.6 Å². The Morgan fingerprint density at radius 3 is 2.54 bits per heavy atom. The van der Waals surface area contributed by atoms with Crippen molar-refractivity contribution in [2.24, 2.45) is 11.1 Å². The Kier molecular flexibility index (Phi) is 2.96. The van der Waals surface area contributed by atoms with E-state index in [4.69, 9.17) is 5.73 Å². The van der Waals surface area contributed by atoms with Crippen LogP contribution in [0.5, 0.6) is 0 Å². The molecule has 1 heterocycles. The SMILES string of the molecule is CN1CCCC[C@@H]1C(C)(C)C(N)=O. The highest BCUT2D eigenvalue weighted by Crippen LogP contribution is 2.30. The number of rotatable bonds is 2. The van der Waals surface area contributed by atoms with Gasteiger partial charge >= 0.3 is 0 Å². The molecule has 0 aromatic heterocycles. The lowest BCUT2D eigenvalue weighted by Gasteiger charge is -2.41. The number of piperidine rings is 1. The molecule has 0 aromatic rings. The minimum Gasteiger partial charge on any atom is -0.369 e. The molecule has 1 amide bonds. The van der Waals surface area contributed by atoms with Crippen LogP contribution in [-0.4, -0.2) is 30.4 Å². The maximum Gasteiger partial charge on any atom is 0.224 e. The summed E-state index contributed by atoms with van der Waals surface area (Å²) in [5.41, 5.74) is 5.00. The monoisotopic (exact) mass is 184 g/mol. The molecular weight excluding hydrogens is 164 g/mol. The van der Waals surface area contributed by atoms with Crippen LogP contribution >= 0.6 is 0 Å². The summed E-state index contributed by atoms with van der Waals surface area (Å²) < 4.78 is 0. The van der Waals surface area contributed by atoms with Gasteiger partial charge in [0.25, 0.3) is 0 Å².